The van der Waals surface area contributed by atoms with Gasteiger partial charge in [0.15, 0.2) is 12.5 Å². The van der Waals surface area contributed by atoms with E-state index in [4.69, 9.17) is 19.2 Å². The van der Waals surface area contributed by atoms with E-state index in [0.29, 0.717) is 4.48 Å². The van der Waals surface area contributed by atoms with Gasteiger partial charge < -0.3 is 24.9 Å². The Morgan fingerprint density at radius 2 is 0.964 bits per heavy atom. The Bertz CT molecular complexity index is 353. The third-order valence-corrected chi connectivity index (χ3v) is 5.34. The molecule has 2 unspecified atom stereocenters. The van der Waals surface area contributed by atoms with Gasteiger partial charge in [0.2, 0.25) is 0 Å². The maximum absolute atomic E-state index is 10.3. The lowest BCUT2D eigenvalue weighted by molar-refractivity contribution is -1.01. The minimum atomic E-state index is -4.89. The maximum Gasteiger partial charge on any atom is 0.262 e. The molecule has 0 saturated heterocycles. The highest BCUT2D eigenvalue weighted by Crippen LogP contribution is 2.22. The molecule has 0 fully saturated rings. The van der Waals surface area contributed by atoms with E-state index in [-0.39, 0.29) is 0 Å². The molecule has 0 rings (SSSR count). The predicted molar refractivity (Wildman–Crippen MR) is 112 cm³/mol. The molecule has 0 aliphatic heterocycles. The zero-order valence-corrected chi connectivity index (χ0v) is 19.4. The van der Waals surface area contributed by atoms with Crippen LogP contribution in [0.4, 0.5) is 0 Å². The van der Waals surface area contributed by atoms with Crippen molar-refractivity contribution < 1.29 is 33.9 Å². The van der Waals surface area contributed by atoms with Crippen LogP contribution in [0.2, 0.25) is 0 Å². The van der Waals surface area contributed by atoms with E-state index < -0.39 is 20.3 Å². The molecule has 0 aliphatic rings. The molecule has 0 amide bonds. The van der Waals surface area contributed by atoms with Gasteiger partial charge in [0, 0.05) is 13.8 Å². The highest BCUT2D eigenvalue weighted by molar-refractivity contribution is 7.43. The lowest BCUT2D eigenvalue weighted by atomic mass is 10.1. The van der Waals surface area contributed by atoms with Crippen LogP contribution in [0.5, 0.6) is 0 Å². The Kier molecular flexibility index (Phi) is 19.2. The molecule has 0 bridgehead atoms. The molecule has 0 aromatic heterocycles. The summed E-state index contributed by atoms with van der Waals surface area (Å²) in [5, 5.41) is 20.7. The van der Waals surface area contributed by atoms with Crippen LogP contribution < -0.4 is 4.89 Å². The summed E-state index contributed by atoms with van der Waals surface area (Å²) in [7, 11) is -4.89. The SMILES string of the molecule is CCCCCCCC[N+](CCCCCCCC)(C(C)O)C(C)O.O=P([O-])(O)O. The molecule has 0 saturated carbocycles. The average Bonchev–Trinajstić information content (AvgIpc) is 2.57. The molecule has 0 aromatic carbocycles. The fourth-order valence-electron chi connectivity index (χ4n) is 3.54. The first-order valence-electron chi connectivity index (χ1n) is 11.0. The van der Waals surface area contributed by atoms with Gasteiger partial charge in [0.05, 0.1) is 13.1 Å². The Balaban J connectivity index is 0. The number of aliphatic hydroxyl groups excluding tert-OH is 2. The number of quaternary nitrogens is 1. The number of hydrogen-bond acceptors (Lipinski definition) is 4. The zero-order chi connectivity index (χ0) is 22.1. The van der Waals surface area contributed by atoms with E-state index in [2.05, 4.69) is 13.8 Å². The standard InChI is InChI=1S/C20H44NO2.H3O4P/c1-5-7-9-11-13-15-17-21(19(3)22,20(4)23)18-16-14-12-10-8-6-2;1-5(2,3)4/h19-20,22-23H,5-18H2,1-4H3;(H3,1,2,3,4)/q+1;/p-1. The molecule has 2 atom stereocenters. The first-order chi connectivity index (χ1) is 13.0. The van der Waals surface area contributed by atoms with E-state index in [9.17, 15) is 10.2 Å². The molecule has 28 heavy (non-hydrogen) atoms. The van der Waals surface area contributed by atoms with Gasteiger partial charge in [-0.3, -0.25) is 9.05 Å². The van der Waals surface area contributed by atoms with Gasteiger partial charge >= 0.3 is 0 Å². The number of rotatable bonds is 16. The predicted octanol–water partition coefficient (Wildman–Crippen LogP) is 3.64. The van der Waals surface area contributed by atoms with Gasteiger partial charge in [0.1, 0.15) is 0 Å². The van der Waals surface area contributed by atoms with Crippen LogP contribution in [-0.2, 0) is 4.57 Å². The number of unbranched alkanes of at least 4 members (excludes halogenated alkanes) is 10. The molecule has 0 heterocycles. The number of aliphatic hydroxyl groups is 2. The second-order valence-electron chi connectivity index (χ2n) is 7.84. The third-order valence-electron chi connectivity index (χ3n) is 5.34. The van der Waals surface area contributed by atoms with Crippen LogP contribution in [0.3, 0.4) is 0 Å². The smallest absolute Gasteiger partial charge is 0.262 e. The number of phosphoric acid groups is 1. The zero-order valence-electron chi connectivity index (χ0n) is 18.6. The second-order valence-corrected chi connectivity index (χ2v) is 8.82. The van der Waals surface area contributed by atoms with Crippen molar-refractivity contribution in [2.45, 2.75) is 117 Å². The van der Waals surface area contributed by atoms with Crippen LogP contribution >= 0.6 is 7.82 Å². The quantitative estimate of drug-likeness (QED) is 0.129. The number of hydrogen-bond donors (Lipinski definition) is 4. The summed E-state index contributed by atoms with van der Waals surface area (Å²) >= 11 is 0. The fourth-order valence-corrected chi connectivity index (χ4v) is 3.54. The molecule has 0 spiro atoms. The van der Waals surface area contributed by atoms with E-state index in [0.717, 1.165) is 25.9 Å². The molecule has 7 nitrogen and oxygen atoms in total. The minimum absolute atomic E-state index is 0.460. The van der Waals surface area contributed by atoms with Gasteiger partial charge in [-0.05, 0) is 25.7 Å². The average molecular weight is 428 g/mol. The van der Waals surface area contributed by atoms with Crippen molar-refractivity contribution >= 4 is 7.82 Å². The van der Waals surface area contributed by atoms with Gasteiger partial charge in [-0.2, -0.15) is 0 Å². The summed E-state index contributed by atoms with van der Waals surface area (Å²) in [6.45, 7) is 9.97. The van der Waals surface area contributed by atoms with Gasteiger partial charge in [-0.1, -0.05) is 65.2 Å². The van der Waals surface area contributed by atoms with Crippen molar-refractivity contribution in [1.29, 1.82) is 0 Å². The maximum atomic E-state index is 10.3. The van der Waals surface area contributed by atoms with Gasteiger partial charge in [-0.25, -0.2) is 0 Å². The van der Waals surface area contributed by atoms with Crippen molar-refractivity contribution in [3.63, 3.8) is 0 Å². The first-order valence-corrected chi connectivity index (χ1v) is 12.5. The molecule has 0 aromatic rings. The molecular formula is C20H46NO6P. The highest BCUT2D eigenvalue weighted by Gasteiger charge is 2.36. The second kappa shape index (κ2) is 17.8. The summed E-state index contributed by atoms with van der Waals surface area (Å²) in [4.78, 5) is 22.9. The van der Waals surface area contributed by atoms with Crippen LogP contribution in [-0.4, -0.2) is 50.0 Å². The number of nitrogens with zero attached hydrogens (tertiary/aromatic N) is 1. The normalized spacial score (nSPS) is 14.3. The largest absolute Gasteiger partial charge is 0.756 e. The van der Waals surface area contributed by atoms with Crippen LogP contribution in [0, 0.1) is 0 Å². The van der Waals surface area contributed by atoms with Crippen LogP contribution in [0.15, 0.2) is 0 Å². The topological polar surface area (TPSA) is 121 Å². The third kappa shape index (κ3) is 18.0. The van der Waals surface area contributed by atoms with E-state index >= 15 is 0 Å². The van der Waals surface area contributed by atoms with E-state index in [1.165, 1.54) is 64.2 Å². The molecule has 8 heteroatoms. The Hall–Kier alpha value is -0.0100. The van der Waals surface area contributed by atoms with Gasteiger partial charge in [0.25, 0.3) is 7.82 Å². The summed E-state index contributed by atoms with van der Waals surface area (Å²) in [5.74, 6) is 0. The van der Waals surface area contributed by atoms with Crippen molar-refractivity contribution in [3.05, 3.63) is 0 Å². The molecule has 0 radical (unpaired) electrons. The van der Waals surface area contributed by atoms with Crippen molar-refractivity contribution in [2.24, 2.45) is 0 Å². The summed E-state index contributed by atoms with van der Waals surface area (Å²) < 4.78 is 9.23. The summed E-state index contributed by atoms with van der Waals surface area (Å²) in [6, 6.07) is 0. The lowest BCUT2D eigenvalue weighted by Gasteiger charge is -2.43. The summed E-state index contributed by atoms with van der Waals surface area (Å²) in [6.07, 6.45) is 14.1. The van der Waals surface area contributed by atoms with Gasteiger partial charge in [-0.15, -0.1) is 0 Å². The van der Waals surface area contributed by atoms with Crippen molar-refractivity contribution in [3.8, 4) is 0 Å². The highest BCUT2D eigenvalue weighted by atomic mass is 31.2. The van der Waals surface area contributed by atoms with E-state index in [1.54, 1.807) is 0 Å². The molecule has 0 aliphatic carbocycles. The molecule has 172 valence electrons. The van der Waals surface area contributed by atoms with Crippen LogP contribution in [0.25, 0.3) is 0 Å². The molecular weight excluding hydrogens is 381 g/mol. The summed E-state index contributed by atoms with van der Waals surface area (Å²) in [5.41, 5.74) is 0. The Labute approximate surface area is 172 Å². The monoisotopic (exact) mass is 427 g/mol. The van der Waals surface area contributed by atoms with E-state index in [1.807, 2.05) is 13.8 Å². The first kappa shape index (κ1) is 30.2. The Morgan fingerprint density at radius 3 is 1.21 bits per heavy atom. The van der Waals surface area contributed by atoms with Crippen molar-refractivity contribution in [2.75, 3.05) is 13.1 Å². The Morgan fingerprint density at radius 1 is 0.714 bits per heavy atom. The fraction of sp³-hybridized carbons (Fsp3) is 1.00. The lowest BCUT2D eigenvalue weighted by Crippen LogP contribution is -2.60. The van der Waals surface area contributed by atoms with Crippen molar-refractivity contribution in [1.82, 2.24) is 0 Å². The minimum Gasteiger partial charge on any atom is -0.756 e. The molecule has 4 N–H and O–H groups in total. The van der Waals surface area contributed by atoms with Crippen LogP contribution in [0.1, 0.15) is 105 Å².